The Morgan fingerprint density at radius 3 is 2.46 bits per heavy atom. The molecule has 0 unspecified atom stereocenters. The zero-order valence-corrected chi connectivity index (χ0v) is 8.79. The molecule has 0 aromatic heterocycles. The number of allylic oxidation sites excluding steroid dienone is 1. The molecule has 13 heavy (non-hydrogen) atoms. The molecule has 0 spiro atoms. The Labute approximate surface area is 80.6 Å². The van der Waals surface area contributed by atoms with E-state index in [-0.39, 0.29) is 11.8 Å². The van der Waals surface area contributed by atoms with Crippen LogP contribution in [0.5, 0.6) is 0 Å². The molecule has 0 bridgehead atoms. The minimum atomic E-state index is 0.0236. The van der Waals surface area contributed by atoms with E-state index in [2.05, 4.69) is 5.92 Å². The average Bonchev–Trinajstić information content (AvgIpc) is 2.05. The average molecular weight is 179 g/mol. The molecule has 0 aliphatic rings. The van der Waals surface area contributed by atoms with Crippen LogP contribution in [0.15, 0.2) is 11.6 Å². The highest BCUT2D eigenvalue weighted by Gasteiger charge is 2.15. The van der Waals surface area contributed by atoms with Gasteiger partial charge in [0, 0.05) is 12.6 Å². The van der Waals surface area contributed by atoms with E-state index in [0.29, 0.717) is 6.54 Å². The highest BCUT2D eigenvalue weighted by atomic mass is 16.2. The second-order valence-electron chi connectivity index (χ2n) is 3.26. The first-order valence-corrected chi connectivity index (χ1v) is 4.39. The van der Waals surface area contributed by atoms with Gasteiger partial charge in [-0.15, -0.1) is 6.42 Å². The number of hydrogen-bond acceptors (Lipinski definition) is 1. The maximum absolute atomic E-state index is 11.7. The zero-order chi connectivity index (χ0) is 10.4. The lowest BCUT2D eigenvalue weighted by molar-refractivity contribution is -0.125. The molecule has 0 aromatic rings. The number of rotatable bonds is 3. The van der Waals surface area contributed by atoms with Crippen molar-refractivity contribution in [1.29, 1.82) is 0 Å². The van der Waals surface area contributed by atoms with Crippen LogP contribution in [0.2, 0.25) is 0 Å². The molecule has 0 atom stereocenters. The molecule has 0 radical (unpaired) electrons. The summed E-state index contributed by atoms with van der Waals surface area (Å²) in [7, 11) is 1.72. The fraction of sp³-hybridized carbons (Fsp3) is 0.545. The number of hydrogen-bond donors (Lipinski definition) is 0. The Morgan fingerprint density at radius 1 is 1.62 bits per heavy atom. The first kappa shape index (κ1) is 11.8. The maximum atomic E-state index is 11.7. The Bertz CT molecular complexity index is 245. The van der Waals surface area contributed by atoms with Crippen molar-refractivity contribution in [3.05, 3.63) is 11.6 Å². The van der Waals surface area contributed by atoms with Crippen molar-refractivity contribution < 1.29 is 4.79 Å². The van der Waals surface area contributed by atoms with Crippen molar-refractivity contribution in [2.24, 2.45) is 5.92 Å². The first-order valence-electron chi connectivity index (χ1n) is 4.39. The summed E-state index contributed by atoms with van der Waals surface area (Å²) in [6.07, 6.45) is 6.97. The van der Waals surface area contributed by atoms with E-state index in [4.69, 9.17) is 6.42 Å². The molecule has 0 saturated carbocycles. The quantitative estimate of drug-likeness (QED) is 0.477. The standard InChI is InChI=1S/C11H17NO/c1-6-8-12(5)11(13)10(7-2)9(3)4/h1,7,9H,8H2,2-5H3/b10-7+. The van der Waals surface area contributed by atoms with Crippen molar-refractivity contribution in [2.45, 2.75) is 20.8 Å². The van der Waals surface area contributed by atoms with Crippen molar-refractivity contribution >= 4 is 5.91 Å². The Kier molecular flexibility index (Phi) is 4.91. The molecular weight excluding hydrogens is 162 g/mol. The number of carbonyl (C=O) groups excluding carboxylic acids is 1. The summed E-state index contributed by atoms with van der Waals surface area (Å²) >= 11 is 0. The van der Waals surface area contributed by atoms with Crippen LogP contribution in [-0.4, -0.2) is 24.4 Å². The van der Waals surface area contributed by atoms with Gasteiger partial charge in [-0.3, -0.25) is 4.79 Å². The maximum Gasteiger partial charge on any atom is 0.250 e. The zero-order valence-electron chi connectivity index (χ0n) is 8.79. The lowest BCUT2D eigenvalue weighted by Gasteiger charge is -2.18. The first-order chi connectivity index (χ1) is 6.04. The highest BCUT2D eigenvalue weighted by Crippen LogP contribution is 2.11. The minimum Gasteiger partial charge on any atom is -0.331 e. The number of carbonyl (C=O) groups is 1. The van der Waals surface area contributed by atoms with Crippen LogP contribution in [0.1, 0.15) is 20.8 Å². The smallest absolute Gasteiger partial charge is 0.250 e. The number of nitrogens with zero attached hydrogens (tertiary/aromatic N) is 1. The van der Waals surface area contributed by atoms with Crippen molar-refractivity contribution in [3.8, 4) is 12.3 Å². The van der Waals surface area contributed by atoms with Gasteiger partial charge in [0.2, 0.25) is 5.91 Å². The van der Waals surface area contributed by atoms with Crippen LogP contribution in [-0.2, 0) is 4.79 Å². The van der Waals surface area contributed by atoms with Crippen LogP contribution >= 0.6 is 0 Å². The summed E-state index contributed by atoms with van der Waals surface area (Å²) in [6, 6.07) is 0. The normalized spacial score (nSPS) is 11.2. The number of likely N-dealkylation sites (N-methyl/N-ethyl adjacent to an activating group) is 1. The molecule has 0 heterocycles. The predicted molar refractivity (Wildman–Crippen MR) is 55.1 cm³/mol. The third kappa shape index (κ3) is 3.33. The van der Waals surface area contributed by atoms with E-state index in [9.17, 15) is 4.79 Å². The van der Waals surface area contributed by atoms with E-state index in [1.807, 2.05) is 26.8 Å². The molecule has 2 heteroatoms. The van der Waals surface area contributed by atoms with E-state index in [0.717, 1.165) is 5.57 Å². The van der Waals surface area contributed by atoms with Crippen LogP contribution in [0.3, 0.4) is 0 Å². The molecule has 1 amide bonds. The summed E-state index contributed by atoms with van der Waals surface area (Å²) in [6.45, 7) is 6.23. The SMILES string of the molecule is C#CCN(C)C(=O)/C(=C/C)C(C)C. The highest BCUT2D eigenvalue weighted by molar-refractivity contribution is 5.93. The van der Waals surface area contributed by atoms with Gasteiger partial charge < -0.3 is 4.90 Å². The lowest BCUT2D eigenvalue weighted by Crippen LogP contribution is -2.29. The molecule has 0 aliphatic carbocycles. The molecule has 2 nitrogen and oxygen atoms in total. The molecule has 72 valence electrons. The molecule has 0 fully saturated rings. The summed E-state index contributed by atoms with van der Waals surface area (Å²) in [5, 5.41) is 0. The predicted octanol–water partition coefficient (Wildman–Crippen LogP) is 1.68. The van der Waals surface area contributed by atoms with Gasteiger partial charge in [-0.1, -0.05) is 25.8 Å². The number of amides is 1. The molecule has 0 aliphatic heterocycles. The lowest BCUT2D eigenvalue weighted by atomic mass is 10.0. The second-order valence-corrected chi connectivity index (χ2v) is 3.26. The Hall–Kier alpha value is -1.23. The molecule has 0 N–H and O–H groups in total. The van der Waals surface area contributed by atoms with E-state index >= 15 is 0 Å². The largest absolute Gasteiger partial charge is 0.331 e. The third-order valence-electron chi connectivity index (χ3n) is 1.86. The topological polar surface area (TPSA) is 20.3 Å². The summed E-state index contributed by atoms with van der Waals surface area (Å²) < 4.78 is 0. The fourth-order valence-electron chi connectivity index (χ4n) is 1.13. The molecular formula is C11H17NO. The monoisotopic (exact) mass is 179 g/mol. The van der Waals surface area contributed by atoms with E-state index in [1.165, 1.54) is 0 Å². The van der Waals surface area contributed by atoms with Crippen LogP contribution in [0.25, 0.3) is 0 Å². The van der Waals surface area contributed by atoms with Crippen LogP contribution in [0.4, 0.5) is 0 Å². The van der Waals surface area contributed by atoms with Gasteiger partial charge in [0.05, 0.1) is 6.54 Å². The Balaban J connectivity index is 4.50. The summed E-state index contributed by atoms with van der Waals surface area (Å²) in [4.78, 5) is 13.2. The van der Waals surface area contributed by atoms with Crippen molar-refractivity contribution in [2.75, 3.05) is 13.6 Å². The van der Waals surface area contributed by atoms with Gasteiger partial charge in [0.1, 0.15) is 0 Å². The van der Waals surface area contributed by atoms with E-state index in [1.54, 1.807) is 11.9 Å². The number of terminal acetylenes is 1. The molecule has 0 rings (SSSR count). The molecule has 0 aromatic carbocycles. The fourth-order valence-corrected chi connectivity index (χ4v) is 1.13. The van der Waals surface area contributed by atoms with Crippen LogP contribution < -0.4 is 0 Å². The van der Waals surface area contributed by atoms with Crippen molar-refractivity contribution in [1.82, 2.24) is 4.90 Å². The van der Waals surface area contributed by atoms with Crippen LogP contribution in [0, 0.1) is 18.3 Å². The van der Waals surface area contributed by atoms with Gasteiger partial charge in [0.25, 0.3) is 0 Å². The third-order valence-corrected chi connectivity index (χ3v) is 1.86. The van der Waals surface area contributed by atoms with Gasteiger partial charge in [-0.25, -0.2) is 0 Å². The van der Waals surface area contributed by atoms with Gasteiger partial charge in [0.15, 0.2) is 0 Å². The second kappa shape index (κ2) is 5.42. The van der Waals surface area contributed by atoms with Gasteiger partial charge >= 0.3 is 0 Å². The summed E-state index contributed by atoms with van der Waals surface area (Å²) in [5.41, 5.74) is 0.817. The van der Waals surface area contributed by atoms with Gasteiger partial charge in [-0.2, -0.15) is 0 Å². The Morgan fingerprint density at radius 2 is 2.15 bits per heavy atom. The molecule has 0 saturated heterocycles. The van der Waals surface area contributed by atoms with Crippen molar-refractivity contribution in [3.63, 3.8) is 0 Å². The minimum absolute atomic E-state index is 0.0236. The van der Waals surface area contributed by atoms with Gasteiger partial charge in [-0.05, 0) is 12.8 Å². The summed E-state index contributed by atoms with van der Waals surface area (Å²) in [5.74, 6) is 2.72. The van der Waals surface area contributed by atoms with E-state index < -0.39 is 0 Å².